The molecule has 0 aliphatic rings. The average molecular weight is 678 g/mol. The SMILES string of the molecule is CCN(CC)CCN(Cc1ccc(-c2ccc(C(F)(F)F)cc2)nc1)C(=O)Cn1c(CCc2cccc(F)c2F)nc(=O)c2ccccc21. The summed E-state index contributed by atoms with van der Waals surface area (Å²) in [5.41, 5.74) is 1.14. The van der Waals surface area contributed by atoms with E-state index >= 15 is 0 Å². The quantitative estimate of drug-likeness (QED) is 0.127. The fraction of sp³-hybridized carbons (Fsp3) is 0.297. The number of hydrogen-bond donors (Lipinski definition) is 0. The maximum atomic E-state index is 14.5. The molecule has 256 valence electrons. The van der Waals surface area contributed by atoms with E-state index in [9.17, 15) is 31.5 Å². The molecule has 0 N–H and O–H groups in total. The Balaban J connectivity index is 1.42. The number of aryl methyl sites for hydroxylation is 2. The fourth-order valence-corrected chi connectivity index (χ4v) is 5.69. The molecule has 0 atom stereocenters. The Labute approximate surface area is 280 Å². The number of likely N-dealkylation sites (N-methyl/N-ethyl adjacent to an activating group) is 1. The third kappa shape index (κ3) is 8.55. The number of amides is 1. The monoisotopic (exact) mass is 677 g/mol. The highest BCUT2D eigenvalue weighted by Crippen LogP contribution is 2.30. The van der Waals surface area contributed by atoms with Crippen LogP contribution in [0.1, 0.15) is 36.4 Å². The molecule has 12 heteroatoms. The number of nitrogens with zero attached hydrogens (tertiary/aromatic N) is 5. The average Bonchev–Trinajstić information content (AvgIpc) is 3.10. The van der Waals surface area contributed by atoms with Gasteiger partial charge in [0.25, 0.3) is 5.56 Å². The summed E-state index contributed by atoms with van der Waals surface area (Å²) < 4.78 is 69.1. The first kappa shape index (κ1) is 35.3. The number of hydrogen-bond acceptors (Lipinski definition) is 5. The second-order valence-corrected chi connectivity index (χ2v) is 11.6. The zero-order chi connectivity index (χ0) is 35.1. The van der Waals surface area contributed by atoms with Gasteiger partial charge in [0.1, 0.15) is 12.4 Å². The third-order valence-electron chi connectivity index (χ3n) is 8.55. The zero-order valence-corrected chi connectivity index (χ0v) is 27.2. The van der Waals surface area contributed by atoms with Crippen LogP contribution in [-0.4, -0.2) is 56.4 Å². The molecule has 0 radical (unpaired) electrons. The van der Waals surface area contributed by atoms with Crippen LogP contribution in [0.25, 0.3) is 22.2 Å². The molecule has 0 bridgehead atoms. The first-order valence-corrected chi connectivity index (χ1v) is 16.0. The number of carbonyl (C=O) groups excluding carboxylic acids is 1. The van der Waals surface area contributed by atoms with Crippen molar-refractivity contribution in [3.8, 4) is 11.3 Å². The lowest BCUT2D eigenvalue weighted by atomic mass is 10.1. The largest absolute Gasteiger partial charge is 0.416 e. The Morgan fingerprint density at radius 3 is 2.27 bits per heavy atom. The lowest BCUT2D eigenvalue weighted by Crippen LogP contribution is -2.40. The molecule has 0 unspecified atom stereocenters. The van der Waals surface area contributed by atoms with E-state index in [2.05, 4.69) is 14.9 Å². The van der Waals surface area contributed by atoms with E-state index in [1.807, 2.05) is 13.8 Å². The van der Waals surface area contributed by atoms with Crippen molar-refractivity contribution in [2.75, 3.05) is 26.2 Å². The summed E-state index contributed by atoms with van der Waals surface area (Å²) in [6.07, 6.45) is -2.69. The standard InChI is InChI=1S/C37H36F5N5O2/c1-3-45(4-2)20-21-46(23-25-12-18-31(43-22-25)26-13-16-28(17-14-26)37(40,41)42)34(48)24-47-32-11-6-5-9-29(32)36(49)44-33(47)19-15-27-8-7-10-30(38)35(27)39/h5-14,16-18,22H,3-4,15,19-21,23-24H2,1-2H3. The number of halogens is 5. The Kier molecular flexibility index (Phi) is 11.2. The summed E-state index contributed by atoms with van der Waals surface area (Å²) in [6, 6.07) is 19.0. The van der Waals surface area contributed by atoms with Gasteiger partial charge in [0.05, 0.1) is 22.2 Å². The van der Waals surface area contributed by atoms with Crippen molar-refractivity contribution in [1.82, 2.24) is 24.3 Å². The highest BCUT2D eigenvalue weighted by Gasteiger charge is 2.30. The molecule has 49 heavy (non-hydrogen) atoms. The summed E-state index contributed by atoms with van der Waals surface area (Å²) in [5, 5.41) is 0.328. The normalized spacial score (nSPS) is 11.8. The Bertz CT molecular complexity index is 1960. The molecule has 0 saturated heterocycles. The van der Waals surface area contributed by atoms with Gasteiger partial charge in [-0.3, -0.25) is 14.6 Å². The molecule has 0 aliphatic carbocycles. The summed E-state index contributed by atoms with van der Waals surface area (Å²) in [5.74, 6) is -1.92. The zero-order valence-electron chi connectivity index (χ0n) is 27.2. The topological polar surface area (TPSA) is 71.3 Å². The molecule has 5 aromatic rings. The van der Waals surface area contributed by atoms with E-state index in [0.717, 1.165) is 31.3 Å². The molecular formula is C37H36F5N5O2. The van der Waals surface area contributed by atoms with Crippen LogP contribution in [0.15, 0.2) is 89.9 Å². The molecule has 3 aromatic carbocycles. The summed E-state index contributed by atoms with van der Waals surface area (Å²) in [4.78, 5) is 39.7. The highest BCUT2D eigenvalue weighted by atomic mass is 19.4. The van der Waals surface area contributed by atoms with Gasteiger partial charge in [-0.25, -0.2) is 8.78 Å². The van der Waals surface area contributed by atoms with E-state index in [0.29, 0.717) is 40.8 Å². The molecular weight excluding hydrogens is 641 g/mol. The van der Waals surface area contributed by atoms with Crippen molar-refractivity contribution in [1.29, 1.82) is 0 Å². The van der Waals surface area contributed by atoms with Crippen molar-refractivity contribution >= 4 is 16.8 Å². The number of rotatable bonds is 13. The van der Waals surface area contributed by atoms with Crippen molar-refractivity contribution in [2.45, 2.75) is 46.0 Å². The van der Waals surface area contributed by atoms with E-state index in [1.165, 1.54) is 24.3 Å². The van der Waals surface area contributed by atoms with Gasteiger partial charge in [-0.2, -0.15) is 18.2 Å². The van der Waals surface area contributed by atoms with Gasteiger partial charge >= 0.3 is 6.18 Å². The van der Waals surface area contributed by atoms with E-state index in [1.54, 1.807) is 52.1 Å². The maximum Gasteiger partial charge on any atom is 0.416 e. The van der Waals surface area contributed by atoms with Gasteiger partial charge in [0.15, 0.2) is 11.6 Å². The van der Waals surface area contributed by atoms with Gasteiger partial charge in [0.2, 0.25) is 5.91 Å². The number of fused-ring (bicyclic) bond motifs is 1. The summed E-state index contributed by atoms with van der Waals surface area (Å²) in [6.45, 7) is 6.67. The number of benzene rings is 3. The van der Waals surface area contributed by atoms with Crippen molar-refractivity contribution < 1.29 is 26.7 Å². The maximum absolute atomic E-state index is 14.5. The third-order valence-corrected chi connectivity index (χ3v) is 8.55. The first-order chi connectivity index (χ1) is 23.5. The van der Waals surface area contributed by atoms with Crippen LogP contribution < -0.4 is 5.56 Å². The lowest BCUT2D eigenvalue weighted by molar-refractivity contribution is -0.137. The molecule has 2 aromatic heterocycles. The van der Waals surface area contributed by atoms with Crippen LogP contribution >= 0.6 is 0 Å². The summed E-state index contributed by atoms with van der Waals surface area (Å²) >= 11 is 0. The predicted octanol–water partition coefficient (Wildman–Crippen LogP) is 6.91. The molecule has 0 fully saturated rings. The van der Waals surface area contributed by atoms with Gasteiger partial charge in [-0.15, -0.1) is 0 Å². The molecule has 1 amide bonds. The highest BCUT2D eigenvalue weighted by molar-refractivity contribution is 5.82. The smallest absolute Gasteiger partial charge is 0.335 e. The second kappa shape index (κ2) is 15.5. The fourth-order valence-electron chi connectivity index (χ4n) is 5.69. The first-order valence-electron chi connectivity index (χ1n) is 16.0. The minimum atomic E-state index is -4.44. The number of carbonyl (C=O) groups is 1. The van der Waals surface area contributed by atoms with Gasteiger partial charge in [-0.05, 0) is 67.0 Å². The number of pyridine rings is 1. The van der Waals surface area contributed by atoms with Crippen molar-refractivity contribution in [3.05, 3.63) is 130 Å². The minimum absolute atomic E-state index is 0.0607. The summed E-state index contributed by atoms with van der Waals surface area (Å²) in [7, 11) is 0. The lowest BCUT2D eigenvalue weighted by Gasteiger charge is -2.28. The molecule has 7 nitrogen and oxygen atoms in total. The van der Waals surface area contributed by atoms with E-state index in [-0.39, 0.29) is 43.2 Å². The van der Waals surface area contributed by atoms with Gasteiger partial charge in [-0.1, -0.05) is 56.3 Å². The van der Waals surface area contributed by atoms with Crippen LogP contribution in [0.4, 0.5) is 22.0 Å². The van der Waals surface area contributed by atoms with Gasteiger partial charge < -0.3 is 14.4 Å². The molecule has 2 heterocycles. The van der Waals surface area contributed by atoms with Gasteiger partial charge in [0, 0.05) is 37.8 Å². The van der Waals surface area contributed by atoms with Crippen LogP contribution in [0.3, 0.4) is 0 Å². The van der Waals surface area contributed by atoms with E-state index in [4.69, 9.17) is 0 Å². The molecule has 0 spiro atoms. The Morgan fingerprint density at radius 1 is 0.857 bits per heavy atom. The van der Waals surface area contributed by atoms with Crippen LogP contribution in [0.5, 0.6) is 0 Å². The molecule has 0 saturated carbocycles. The number of alkyl halides is 3. The molecule has 0 aliphatic heterocycles. The van der Waals surface area contributed by atoms with Crippen LogP contribution in [0.2, 0.25) is 0 Å². The van der Waals surface area contributed by atoms with E-state index < -0.39 is 28.9 Å². The Hall–Kier alpha value is -4.97. The van der Waals surface area contributed by atoms with Crippen LogP contribution in [-0.2, 0) is 36.9 Å². The van der Waals surface area contributed by atoms with Crippen LogP contribution in [0, 0.1) is 11.6 Å². The number of aromatic nitrogens is 3. The second-order valence-electron chi connectivity index (χ2n) is 11.6. The van der Waals surface area contributed by atoms with Crippen molar-refractivity contribution in [3.63, 3.8) is 0 Å². The Morgan fingerprint density at radius 2 is 1.59 bits per heavy atom. The number of para-hydroxylation sites is 1. The molecule has 5 rings (SSSR count). The van der Waals surface area contributed by atoms with Crippen molar-refractivity contribution in [2.24, 2.45) is 0 Å². The minimum Gasteiger partial charge on any atom is -0.335 e. The predicted molar refractivity (Wildman–Crippen MR) is 178 cm³/mol.